The van der Waals surface area contributed by atoms with Crippen LogP contribution >= 0.6 is 0 Å². The topological polar surface area (TPSA) is 76.1 Å². The molecule has 2 N–H and O–H groups in total. The van der Waals surface area contributed by atoms with E-state index in [0.717, 1.165) is 37.2 Å². The van der Waals surface area contributed by atoms with E-state index in [4.69, 9.17) is 4.74 Å². The van der Waals surface area contributed by atoms with E-state index in [1.807, 2.05) is 0 Å². The predicted molar refractivity (Wildman–Crippen MR) is 64.3 cm³/mol. The Kier molecular flexibility index (Phi) is 3.63. The second-order valence-corrected chi connectivity index (χ2v) is 4.32. The van der Waals surface area contributed by atoms with E-state index in [0.29, 0.717) is 11.7 Å². The molecule has 0 aliphatic carbocycles. The van der Waals surface area contributed by atoms with E-state index < -0.39 is 5.69 Å². The van der Waals surface area contributed by atoms with E-state index in [1.54, 1.807) is 0 Å². The molecule has 1 aromatic rings. The van der Waals surface area contributed by atoms with Gasteiger partial charge in [-0.25, -0.2) is 4.79 Å². The van der Waals surface area contributed by atoms with Gasteiger partial charge in [-0.1, -0.05) is 0 Å². The van der Waals surface area contributed by atoms with Crippen molar-refractivity contribution < 1.29 is 4.74 Å². The molecule has 1 saturated heterocycles. The van der Waals surface area contributed by atoms with Crippen molar-refractivity contribution in [3.63, 3.8) is 0 Å². The lowest BCUT2D eigenvalue weighted by Crippen LogP contribution is -2.33. The van der Waals surface area contributed by atoms with Crippen LogP contribution in [0.5, 0.6) is 0 Å². The summed E-state index contributed by atoms with van der Waals surface area (Å²) in [7, 11) is 1.45. The Morgan fingerprint density at radius 1 is 1.47 bits per heavy atom. The lowest BCUT2D eigenvalue weighted by atomic mass is 10.0. The van der Waals surface area contributed by atoms with E-state index in [-0.39, 0.29) is 5.56 Å². The standard InChI is InChI=1S/C11H17N3O3/c1-14-10(15)6-9(13-11(14)16)12-7-8-2-4-17-5-3-8/h6,8,12H,2-5,7H2,1H3,(H,13,16). The quantitative estimate of drug-likeness (QED) is 0.773. The summed E-state index contributed by atoms with van der Waals surface area (Å²) in [4.78, 5) is 25.4. The van der Waals surface area contributed by atoms with Crippen LogP contribution in [0.2, 0.25) is 0 Å². The molecule has 1 fully saturated rings. The van der Waals surface area contributed by atoms with Crippen LogP contribution in [0.1, 0.15) is 12.8 Å². The third kappa shape index (κ3) is 2.97. The zero-order valence-corrected chi connectivity index (χ0v) is 9.86. The summed E-state index contributed by atoms with van der Waals surface area (Å²) in [5.74, 6) is 1.03. The fourth-order valence-corrected chi connectivity index (χ4v) is 1.86. The van der Waals surface area contributed by atoms with Crippen LogP contribution in [0, 0.1) is 5.92 Å². The van der Waals surface area contributed by atoms with Crippen molar-refractivity contribution in [2.75, 3.05) is 25.1 Å². The molecular weight excluding hydrogens is 222 g/mol. The molecular formula is C11H17N3O3. The normalized spacial score (nSPS) is 17.0. The first-order valence-corrected chi connectivity index (χ1v) is 5.79. The van der Waals surface area contributed by atoms with Gasteiger partial charge < -0.3 is 10.1 Å². The smallest absolute Gasteiger partial charge is 0.329 e. The van der Waals surface area contributed by atoms with E-state index in [2.05, 4.69) is 10.3 Å². The third-order valence-corrected chi connectivity index (χ3v) is 3.07. The van der Waals surface area contributed by atoms with E-state index >= 15 is 0 Å². The Morgan fingerprint density at radius 3 is 2.82 bits per heavy atom. The fourth-order valence-electron chi connectivity index (χ4n) is 1.86. The molecule has 0 amide bonds. The first-order valence-electron chi connectivity index (χ1n) is 5.79. The van der Waals surface area contributed by atoms with Crippen molar-refractivity contribution in [1.29, 1.82) is 0 Å². The lowest BCUT2D eigenvalue weighted by molar-refractivity contribution is 0.0699. The summed E-state index contributed by atoms with van der Waals surface area (Å²) in [6.07, 6.45) is 2.03. The maximum atomic E-state index is 11.4. The molecule has 2 heterocycles. The Hall–Kier alpha value is -1.56. The van der Waals surface area contributed by atoms with Gasteiger partial charge in [0.05, 0.1) is 0 Å². The number of nitrogens with one attached hydrogen (secondary N) is 2. The van der Waals surface area contributed by atoms with Crippen molar-refractivity contribution in [3.05, 3.63) is 26.9 Å². The van der Waals surface area contributed by atoms with Crippen molar-refractivity contribution in [1.82, 2.24) is 9.55 Å². The highest BCUT2D eigenvalue weighted by atomic mass is 16.5. The summed E-state index contributed by atoms with van der Waals surface area (Å²) in [5, 5.41) is 3.10. The van der Waals surface area contributed by atoms with Crippen LogP contribution in [0.3, 0.4) is 0 Å². The highest BCUT2D eigenvalue weighted by Gasteiger charge is 2.13. The van der Waals surface area contributed by atoms with Gasteiger partial charge in [0.15, 0.2) is 0 Å². The average Bonchev–Trinajstić information content (AvgIpc) is 2.34. The highest BCUT2D eigenvalue weighted by molar-refractivity contribution is 5.31. The molecule has 0 bridgehead atoms. The summed E-state index contributed by atoms with van der Waals surface area (Å²) in [5.41, 5.74) is -0.699. The molecule has 0 radical (unpaired) electrons. The molecule has 94 valence electrons. The summed E-state index contributed by atoms with van der Waals surface area (Å²) < 4.78 is 6.31. The Morgan fingerprint density at radius 2 is 2.18 bits per heavy atom. The second kappa shape index (κ2) is 5.18. The van der Waals surface area contributed by atoms with E-state index in [9.17, 15) is 9.59 Å². The molecule has 1 aliphatic rings. The van der Waals surface area contributed by atoms with E-state index in [1.165, 1.54) is 13.1 Å². The molecule has 6 nitrogen and oxygen atoms in total. The van der Waals surface area contributed by atoms with Gasteiger partial charge in [0.25, 0.3) is 5.56 Å². The Bertz CT molecular complexity index is 454. The summed E-state index contributed by atoms with van der Waals surface area (Å²) in [6.45, 7) is 2.34. The van der Waals surface area contributed by atoms with Crippen molar-refractivity contribution in [3.8, 4) is 0 Å². The molecule has 1 aliphatic heterocycles. The number of aromatic nitrogens is 2. The largest absolute Gasteiger partial charge is 0.381 e. The van der Waals surface area contributed by atoms with Crippen LogP contribution in [-0.2, 0) is 11.8 Å². The average molecular weight is 239 g/mol. The number of hydrogen-bond acceptors (Lipinski definition) is 4. The van der Waals surface area contributed by atoms with Gasteiger partial charge >= 0.3 is 5.69 Å². The molecule has 17 heavy (non-hydrogen) atoms. The highest BCUT2D eigenvalue weighted by Crippen LogP contribution is 2.14. The van der Waals surface area contributed by atoms with Gasteiger partial charge in [-0.05, 0) is 18.8 Å². The van der Waals surface area contributed by atoms with Gasteiger partial charge in [0.2, 0.25) is 0 Å². The first kappa shape index (κ1) is 11.9. The monoisotopic (exact) mass is 239 g/mol. The van der Waals surface area contributed by atoms with Crippen LogP contribution < -0.4 is 16.6 Å². The number of anilines is 1. The van der Waals surface area contributed by atoms with Crippen LogP contribution in [0.25, 0.3) is 0 Å². The minimum atomic E-state index is -0.396. The molecule has 0 unspecified atom stereocenters. The minimum Gasteiger partial charge on any atom is -0.381 e. The number of ether oxygens (including phenoxy) is 1. The van der Waals surface area contributed by atoms with Gasteiger partial charge in [0, 0.05) is 32.9 Å². The third-order valence-electron chi connectivity index (χ3n) is 3.07. The van der Waals surface area contributed by atoms with Gasteiger partial charge in [-0.15, -0.1) is 0 Å². The second-order valence-electron chi connectivity index (χ2n) is 4.32. The SMILES string of the molecule is Cn1c(=O)cc(NCC2CCOCC2)[nH]c1=O. The minimum absolute atomic E-state index is 0.303. The summed E-state index contributed by atoms with van der Waals surface area (Å²) >= 11 is 0. The molecule has 0 spiro atoms. The van der Waals surface area contributed by atoms with Gasteiger partial charge in [0.1, 0.15) is 5.82 Å². The van der Waals surface area contributed by atoms with Crippen molar-refractivity contribution in [2.45, 2.75) is 12.8 Å². The number of nitrogens with zero attached hydrogens (tertiary/aromatic N) is 1. The number of H-pyrrole nitrogens is 1. The Labute approximate surface area is 98.6 Å². The first-order chi connectivity index (χ1) is 8.16. The summed E-state index contributed by atoms with van der Waals surface area (Å²) in [6, 6.07) is 1.40. The molecule has 2 rings (SSSR count). The lowest BCUT2D eigenvalue weighted by Gasteiger charge is -2.22. The van der Waals surface area contributed by atoms with Crippen LogP contribution in [-0.4, -0.2) is 29.3 Å². The molecule has 6 heteroatoms. The maximum absolute atomic E-state index is 11.4. The predicted octanol–water partition coefficient (Wildman–Crippen LogP) is -0.0879. The maximum Gasteiger partial charge on any atom is 0.329 e. The fraction of sp³-hybridized carbons (Fsp3) is 0.636. The molecule has 1 aromatic heterocycles. The number of rotatable bonds is 3. The molecule has 0 atom stereocenters. The number of hydrogen-bond donors (Lipinski definition) is 2. The van der Waals surface area contributed by atoms with Crippen molar-refractivity contribution >= 4 is 5.82 Å². The zero-order valence-electron chi connectivity index (χ0n) is 9.86. The van der Waals surface area contributed by atoms with Crippen molar-refractivity contribution in [2.24, 2.45) is 13.0 Å². The zero-order chi connectivity index (χ0) is 12.3. The van der Waals surface area contributed by atoms with Gasteiger partial charge in [-0.3, -0.25) is 14.3 Å². The van der Waals surface area contributed by atoms with Crippen LogP contribution in [0.15, 0.2) is 15.7 Å². The Balaban J connectivity index is 1.99. The molecule has 0 aromatic carbocycles. The number of aromatic amines is 1. The van der Waals surface area contributed by atoms with Gasteiger partial charge in [-0.2, -0.15) is 0 Å². The van der Waals surface area contributed by atoms with Crippen LogP contribution in [0.4, 0.5) is 5.82 Å². The molecule has 0 saturated carbocycles.